The summed E-state index contributed by atoms with van der Waals surface area (Å²) >= 11 is 0. The van der Waals surface area contributed by atoms with Gasteiger partial charge in [0.1, 0.15) is 5.54 Å². The van der Waals surface area contributed by atoms with Crippen LogP contribution < -0.4 is 0 Å². The fraction of sp³-hybridized carbons (Fsp3) is 0.682. The summed E-state index contributed by atoms with van der Waals surface area (Å²) in [7, 11) is 0. The van der Waals surface area contributed by atoms with Crippen molar-refractivity contribution in [3.63, 3.8) is 0 Å². The highest BCUT2D eigenvalue weighted by molar-refractivity contribution is 5.90. The molecule has 3 atom stereocenters. The molecule has 3 heterocycles. The number of aryl methyl sites for hydroxylation is 2. The number of likely N-dealkylation sites (tertiary alicyclic amines) is 1. The first kappa shape index (κ1) is 15.9. The standard InChI is InChI=1S/C22H30N2O/c1-15-8-9-17(12-16(15)2)20-13-18-14-23(19-6-3-4-7-19)21(25)22(18)10-5-11-24(20)22/h8-9,12,18-20H,3-7,10-11,13-14H2,1-2H3/t18-,20-,22-/m0/s1. The van der Waals surface area contributed by atoms with Crippen molar-refractivity contribution in [2.45, 2.75) is 76.4 Å². The molecule has 0 unspecified atom stereocenters. The monoisotopic (exact) mass is 338 g/mol. The highest BCUT2D eigenvalue weighted by Gasteiger charge is 2.65. The molecule has 1 spiro atoms. The SMILES string of the molecule is Cc1ccc([C@@H]2C[C@H]3CN(C4CCCC4)C(=O)[C@]34CCCN24)cc1C. The predicted molar refractivity (Wildman–Crippen MR) is 99.4 cm³/mol. The van der Waals surface area contributed by atoms with Gasteiger partial charge in [-0.2, -0.15) is 0 Å². The van der Waals surface area contributed by atoms with Crippen LogP contribution in [0.25, 0.3) is 0 Å². The topological polar surface area (TPSA) is 23.6 Å². The number of benzene rings is 1. The molecule has 1 aliphatic carbocycles. The number of rotatable bonds is 2. The molecule has 3 nitrogen and oxygen atoms in total. The Balaban J connectivity index is 1.47. The Morgan fingerprint density at radius 1 is 1.08 bits per heavy atom. The van der Waals surface area contributed by atoms with Gasteiger partial charge in [0, 0.05) is 24.5 Å². The van der Waals surface area contributed by atoms with Gasteiger partial charge in [0.2, 0.25) is 5.91 Å². The highest BCUT2D eigenvalue weighted by atomic mass is 16.2. The van der Waals surface area contributed by atoms with Gasteiger partial charge in [0.05, 0.1) is 0 Å². The normalized spacial score (nSPS) is 35.6. The molecule has 3 saturated heterocycles. The molecule has 0 N–H and O–H groups in total. The minimum atomic E-state index is -0.161. The van der Waals surface area contributed by atoms with Crippen LogP contribution in [0.2, 0.25) is 0 Å². The van der Waals surface area contributed by atoms with Gasteiger partial charge in [-0.1, -0.05) is 31.0 Å². The molecule has 5 rings (SSSR count). The lowest BCUT2D eigenvalue weighted by molar-refractivity contribution is -0.138. The maximum absolute atomic E-state index is 13.6. The zero-order chi connectivity index (χ0) is 17.2. The Kier molecular flexibility index (Phi) is 3.54. The average molecular weight is 338 g/mol. The second-order valence-electron chi connectivity index (χ2n) is 8.91. The fourth-order valence-corrected chi connectivity index (χ4v) is 6.34. The summed E-state index contributed by atoms with van der Waals surface area (Å²) in [5.74, 6) is 1.02. The molecular weight excluding hydrogens is 308 g/mol. The third-order valence-electron chi connectivity index (χ3n) is 7.76. The number of hydrogen-bond donors (Lipinski definition) is 0. The fourth-order valence-electron chi connectivity index (χ4n) is 6.34. The van der Waals surface area contributed by atoms with E-state index in [0.717, 1.165) is 25.9 Å². The van der Waals surface area contributed by atoms with E-state index in [0.29, 0.717) is 23.9 Å². The van der Waals surface area contributed by atoms with Crippen molar-refractivity contribution in [1.82, 2.24) is 9.80 Å². The van der Waals surface area contributed by atoms with Crippen molar-refractivity contribution in [2.75, 3.05) is 13.1 Å². The zero-order valence-corrected chi connectivity index (χ0v) is 15.6. The summed E-state index contributed by atoms with van der Waals surface area (Å²) in [6.45, 7) is 6.50. The van der Waals surface area contributed by atoms with Crippen LogP contribution in [0.3, 0.4) is 0 Å². The molecule has 134 valence electrons. The van der Waals surface area contributed by atoms with Crippen molar-refractivity contribution in [3.8, 4) is 0 Å². The van der Waals surface area contributed by atoms with Gasteiger partial charge in [-0.25, -0.2) is 0 Å². The Morgan fingerprint density at radius 3 is 2.64 bits per heavy atom. The van der Waals surface area contributed by atoms with E-state index in [9.17, 15) is 4.79 Å². The maximum atomic E-state index is 13.6. The molecule has 4 aliphatic rings. The molecule has 1 aromatic rings. The van der Waals surface area contributed by atoms with E-state index in [1.165, 1.54) is 48.8 Å². The molecule has 1 saturated carbocycles. The van der Waals surface area contributed by atoms with E-state index in [-0.39, 0.29) is 5.54 Å². The third kappa shape index (κ3) is 2.11. The molecule has 0 radical (unpaired) electrons. The molecule has 4 fully saturated rings. The van der Waals surface area contributed by atoms with Crippen LogP contribution in [0.5, 0.6) is 0 Å². The van der Waals surface area contributed by atoms with Crippen molar-refractivity contribution in [3.05, 3.63) is 34.9 Å². The molecule has 3 aliphatic heterocycles. The summed E-state index contributed by atoms with van der Waals surface area (Å²) in [6.07, 6.45) is 8.51. The second kappa shape index (κ2) is 5.57. The van der Waals surface area contributed by atoms with Gasteiger partial charge in [0.25, 0.3) is 0 Å². The maximum Gasteiger partial charge on any atom is 0.243 e. The number of hydrogen-bond acceptors (Lipinski definition) is 2. The first-order chi connectivity index (χ1) is 12.1. The van der Waals surface area contributed by atoms with Crippen molar-refractivity contribution in [1.29, 1.82) is 0 Å². The van der Waals surface area contributed by atoms with Crippen molar-refractivity contribution >= 4 is 5.91 Å². The van der Waals surface area contributed by atoms with Gasteiger partial charge < -0.3 is 4.90 Å². The van der Waals surface area contributed by atoms with E-state index < -0.39 is 0 Å². The van der Waals surface area contributed by atoms with Gasteiger partial charge in [-0.15, -0.1) is 0 Å². The zero-order valence-electron chi connectivity index (χ0n) is 15.6. The molecule has 25 heavy (non-hydrogen) atoms. The lowest BCUT2D eigenvalue weighted by Crippen LogP contribution is -2.51. The summed E-state index contributed by atoms with van der Waals surface area (Å²) < 4.78 is 0. The summed E-state index contributed by atoms with van der Waals surface area (Å²) in [5, 5.41) is 0. The summed E-state index contributed by atoms with van der Waals surface area (Å²) in [5.41, 5.74) is 4.01. The first-order valence-electron chi connectivity index (χ1n) is 10.3. The third-order valence-corrected chi connectivity index (χ3v) is 7.76. The molecular formula is C22H30N2O. The average Bonchev–Trinajstić information content (AvgIpc) is 3.34. The second-order valence-corrected chi connectivity index (χ2v) is 8.91. The van der Waals surface area contributed by atoms with Crippen molar-refractivity contribution < 1.29 is 4.79 Å². The lowest BCUT2D eigenvalue weighted by atomic mass is 9.85. The van der Waals surface area contributed by atoms with Crippen molar-refractivity contribution in [2.24, 2.45) is 5.92 Å². The number of amides is 1. The van der Waals surface area contributed by atoms with Crippen LogP contribution >= 0.6 is 0 Å². The Bertz CT molecular complexity index is 708. The van der Waals surface area contributed by atoms with E-state index in [1.807, 2.05) is 0 Å². The quantitative estimate of drug-likeness (QED) is 0.814. The van der Waals surface area contributed by atoms with Crippen LogP contribution in [-0.2, 0) is 4.79 Å². The van der Waals surface area contributed by atoms with Gasteiger partial charge >= 0.3 is 0 Å². The Morgan fingerprint density at radius 2 is 1.88 bits per heavy atom. The lowest BCUT2D eigenvalue weighted by Gasteiger charge is -2.35. The van der Waals surface area contributed by atoms with Crippen LogP contribution in [0.15, 0.2) is 18.2 Å². The van der Waals surface area contributed by atoms with E-state index >= 15 is 0 Å². The smallest absolute Gasteiger partial charge is 0.243 e. The van der Waals surface area contributed by atoms with Gasteiger partial charge in [-0.05, 0) is 69.2 Å². The van der Waals surface area contributed by atoms with Gasteiger partial charge in [0.15, 0.2) is 0 Å². The number of carbonyl (C=O) groups excluding carboxylic acids is 1. The van der Waals surface area contributed by atoms with Gasteiger partial charge in [-0.3, -0.25) is 9.69 Å². The highest BCUT2D eigenvalue weighted by Crippen LogP contribution is 2.56. The first-order valence-corrected chi connectivity index (χ1v) is 10.3. The van der Waals surface area contributed by atoms with E-state index in [1.54, 1.807) is 0 Å². The van der Waals surface area contributed by atoms with Crippen LogP contribution in [0, 0.1) is 19.8 Å². The summed E-state index contributed by atoms with van der Waals surface area (Å²) in [6, 6.07) is 7.91. The molecule has 1 amide bonds. The summed E-state index contributed by atoms with van der Waals surface area (Å²) in [4.78, 5) is 18.5. The molecule has 3 heteroatoms. The Labute approximate surface area is 151 Å². The van der Waals surface area contributed by atoms with E-state index in [4.69, 9.17) is 0 Å². The molecule has 0 bridgehead atoms. The largest absolute Gasteiger partial charge is 0.338 e. The minimum Gasteiger partial charge on any atom is -0.338 e. The Hall–Kier alpha value is -1.35. The van der Waals surface area contributed by atoms with Crippen LogP contribution in [0.1, 0.15) is 67.7 Å². The van der Waals surface area contributed by atoms with E-state index in [2.05, 4.69) is 41.8 Å². The number of nitrogens with zero attached hydrogens (tertiary/aromatic N) is 2. The minimum absolute atomic E-state index is 0.161. The molecule has 1 aromatic carbocycles. The predicted octanol–water partition coefficient (Wildman–Crippen LogP) is 3.98. The van der Waals surface area contributed by atoms with Crippen LogP contribution in [-0.4, -0.2) is 40.4 Å². The molecule has 0 aromatic heterocycles. The number of carbonyl (C=O) groups is 1. The van der Waals surface area contributed by atoms with Crippen LogP contribution in [0.4, 0.5) is 0 Å².